The summed E-state index contributed by atoms with van der Waals surface area (Å²) in [5.74, 6) is 0.779. The summed E-state index contributed by atoms with van der Waals surface area (Å²) in [7, 11) is 1.71. The Kier molecular flexibility index (Phi) is 5.02. The molecule has 0 saturated carbocycles. The molecule has 0 aromatic heterocycles. The number of carbonyl (C=O) groups excluding carboxylic acids is 1. The van der Waals surface area contributed by atoms with E-state index in [0.29, 0.717) is 24.5 Å². The molecule has 1 amide bonds. The minimum atomic E-state index is 0.116. The van der Waals surface area contributed by atoms with Crippen LogP contribution in [0.1, 0.15) is 42.5 Å². The lowest BCUT2D eigenvalue weighted by atomic mass is 9.97. The maximum absolute atomic E-state index is 11.5. The van der Waals surface area contributed by atoms with Crippen LogP contribution in [0.4, 0.5) is 0 Å². The Hall–Kier alpha value is -1.39. The van der Waals surface area contributed by atoms with Crippen molar-refractivity contribution in [3.05, 3.63) is 34.9 Å². The second-order valence-electron chi connectivity index (χ2n) is 7.25. The fourth-order valence-electron chi connectivity index (χ4n) is 4.01. The number of fused-ring (bicyclic) bond motifs is 1. The molecule has 0 bridgehead atoms. The number of rotatable bonds is 4. The summed E-state index contributed by atoms with van der Waals surface area (Å²) in [4.78, 5) is 13.7. The minimum Gasteiger partial charge on any atom is -0.358 e. The minimum absolute atomic E-state index is 0.116. The van der Waals surface area contributed by atoms with Gasteiger partial charge in [0, 0.05) is 32.2 Å². The Labute approximate surface area is 139 Å². The second kappa shape index (κ2) is 7.02. The molecule has 2 atom stereocenters. The van der Waals surface area contributed by atoms with Gasteiger partial charge in [-0.15, -0.1) is 0 Å². The van der Waals surface area contributed by atoms with Crippen LogP contribution < -0.4 is 10.6 Å². The van der Waals surface area contributed by atoms with Crippen molar-refractivity contribution in [1.29, 1.82) is 0 Å². The molecule has 126 valence electrons. The summed E-state index contributed by atoms with van der Waals surface area (Å²) in [6.45, 7) is 7.08. The van der Waals surface area contributed by atoms with Crippen molar-refractivity contribution in [1.82, 2.24) is 15.5 Å². The van der Waals surface area contributed by atoms with E-state index in [4.69, 9.17) is 0 Å². The van der Waals surface area contributed by atoms with E-state index in [-0.39, 0.29) is 5.91 Å². The van der Waals surface area contributed by atoms with Crippen molar-refractivity contribution in [2.24, 2.45) is 5.92 Å². The number of likely N-dealkylation sites (tertiary alicyclic amines) is 1. The molecular weight excluding hydrogens is 286 g/mol. The van der Waals surface area contributed by atoms with Gasteiger partial charge in [0.1, 0.15) is 0 Å². The van der Waals surface area contributed by atoms with Gasteiger partial charge in [-0.2, -0.15) is 0 Å². The SMILES string of the molecule is CNC(=O)CN1CCC(NC2c3cc(C)ccc3CC2C)CC1. The van der Waals surface area contributed by atoms with E-state index in [9.17, 15) is 4.79 Å². The highest BCUT2D eigenvalue weighted by Crippen LogP contribution is 2.37. The van der Waals surface area contributed by atoms with Gasteiger partial charge in [0.25, 0.3) is 0 Å². The number of likely N-dealkylation sites (N-methyl/N-ethyl adjacent to an activating group) is 1. The average molecular weight is 315 g/mol. The lowest BCUT2D eigenvalue weighted by Gasteiger charge is -2.34. The molecule has 0 radical (unpaired) electrons. The number of hydrogen-bond acceptors (Lipinski definition) is 3. The van der Waals surface area contributed by atoms with Crippen molar-refractivity contribution in [3.63, 3.8) is 0 Å². The standard InChI is InChI=1S/C19H29N3O/c1-13-4-5-15-11-14(2)19(17(15)10-13)21-16-6-8-22(9-7-16)12-18(23)20-3/h4-5,10,14,16,19,21H,6-9,11-12H2,1-3H3,(H,20,23). The van der Waals surface area contributed by atoms with Crippen molar-refractivity contribution >= 4 is 5.91 Å². The lowest BCUT2D eigenvalue weighted by Crippen LogP contribution is -2.46. The Bertz CT molecular complexity index is 564. The molecule has 1 saturated heterocycles. The van der Waals surface area contributed by atoms with Crippen LogP contribution in [0.2, 0.25) is 0 Å². The molecule has 2 aliphatic rings. The molecule has 1 aromatic rings. The van der Waals surface area contributed by atoms with E-state index in [0.717, 1.165) is 25.9 Å². The Morgan fingerprint density at radius 1 is 1.30 bits per heavy atom. The molecule has 1 aliphatic carbocycles. The zero-order valence-electron chi connectivity index (χ0n) is 14.6. The molecule has 1 fully saturated rings. The molecular formula is C19H29N3O. The van der Waals surface area contributed by atoms with Crippen LogP contribution in [-0.4, -0.2) is 43.5 Å². The summed E-state index contributed by atoms with van der Waals surface area (Å²) in [5, 5.41) is 6.62. The molecule has 4 heteroatoms. The molecule has 3 rings (SSSR count). The van der Waals surface area contributed by atoms with Gasteiger partial charge in [-0.05, 0) is 43.2 Å². The largest absolute Gasteiger partial charge is 0.358 e. The highest BCUT2D eigenvalue weighted by Gasteiger charge is 2.32. The maximum atomic E-state index is 11.5. The molecule has 1 aromatic carbocycles. The average Bonchev–Trinajstić information content (AvgIpc) is 2.84. The Morgan fingerprint density at radius 3 is 2.74 bits per heavy atom. The highest BCUT2D eigenvalue weighted by molar-refractivity contribution is 5.77. The number of carbonyl (C=O) groups is 1. The van der Waals surface area contributed by atoms with Gasteiger partial charge >= 0.3 is 0 Å². The van der Waals surface area contributed by atoms with E-state index >= 15 is 0 Å². The van der Waals surface area contributed by atoms with E-state index in [1.165, 1.54) is 23.1 Å². The van der Waals surface area contributed by atoms with Crippen molar-refractivity contribution < 1.29 is 4.79 Å². The third kappa shape index (κ3) is 3.75. The first-order valence-electron chi connectivity index (χ1n) is 8.85. The third-order valence-corrected chi connectivity index (χ3v) is 5.40. The van der Waals surface area contributed by atoms with Crippen LogP contribution in [0.5, 0.6) is 0 Å². The number of aryl methyl sites for hydroxylation is 1. The van der Waals surface area contributed by atoms with E-state index < -0.39 is 0 Å². The molecule has 1 aliphatic heterocycles. The van der Waals surface area contributed by atoms with Gasteiger partial charge < -0.3 is 10.6 Å². The van der Waals surface area contributed by atoms with Crippen LogP contribution in [0.3, 0.4) is 0 Å². The van der Waals surface area contributed by atoms with Crippen molar-refractivity contribution in [2.45, 2.75) is 45.2 Å². The first-order valence-corrected chi connectivity index (χ1v) is 8.85. The van der Waals surface area contributed by atoms with Crippen molar-refractivity contribution in [2.75, 3.05) is 26.7 Å². The molecule has 1 heterocycles. The summed E-state index contributed by atoms with van der Waals surface area (Å²) in [5.41, 5.74) is 4.37. The molecule has 0 spiro atoms. The quantitative estimate of drug-likeness (QED) is 0.893. The number of piperidine rings is 1. The first-order chi connectivity index (χ1) is 11.1. The number of hydrogen-bond donors (Lipinski definition) is 2. The van der Waals surface area contributed by atoms with Crippen LogP contribution in [0.25, 0.3) is 0 Å². The highest BCUT2D eigenvalue weighted by atomic mass is 16.1. The van der Waals surface area contributed by atoms with Crippen LogP contribution in [0.15, 0.2) is 18.2 Å². The van der Waals surface area contributed by atoms with Crippen molar-refractivity contribution in [3.8, 4) is 0 Å². The lowest BCUT2D eigenvalue weighted by molar-refractivity contribution is -0.122. The van der Waals surface area contributed by atoms with Crippen LogP contribution in [0, 0.1) is 12.8 Å². The van der Waals surface area contributed by atoms with Gasteiger partial charge in [-0.25, -0.2) is 0 Å². The Morgan fingerprint density at radius 2 is 2.04 bits per heavy atom. The molecule has 23 heavy (non-hydrogen) atoms. The normalized spacial score (nSPS) is 25.3. The molecule has 2 unspecified atom stereocenters. The maximum Gasteiger partial charge on any atom is 0.233 e. The van der Waals surface area contributed by atoms with Gasteiger partial charge in [0.05, 0.1) is 6.54 Å². The topological polar surface area (TPSA) is 44.4 Å². The van der Waals surface area contributed by atoms with E-state index in [1.54, 1.807) is 7.05 Å². The number of nitrogens with zero attached hydrogens (tertiary/aromatic N) is 1. The van der Waals surface area contributed by atoms with Crippen LogP contribution >= 0.6 is 0 Å². The summed E-state index contributed by atoms with van der Waals surface area (Å²) >= 11 is 0. The first kappa shape index (κ1) is 16.5. The second-order valence-corrected chi connectivity index (χ2v) is 7.25. The predicted octanol–water partition coefficient (Wildman–Crippen LogP) is 2.03. The smallest absolute Gasteiger partial charge is 0.233 e. The number of benzene rings is 1. The zero-order valence-corrected chi connectivity index (χ0v) is 14.6. The number of nitrogens with one attached hydrogen (secondary N) is 2. The summed E-state index contributed by atoms with van der Waals surface area (Å²) < 4.78 is 0. The molecule has 4 nitrogen and oxygen atoms in total. The fraction of sp³-hybridized carbons (Fsp3) is 0.632. The number of amides is 1. The van der Waals surface area contributed by atoms with Crippen LogP contribution in [-0.2, 0) is 11.2 Å². The zero-order chi connectivity index (χ0) is 16.4. The predicted molar refractivity (Wildman–Crippen MR) is 93.5 cm³/mol. The third-order valence-electron chi connectivity index (χ3n) is 5.40. The molecule has 2 N–H and O–H groups in total. The van der Waals surface area contributed by atoms with E-state index in [2.05, 4.69) is 47.6 Å². The van der Waals surface area contributed by atoms with Gasteiger partial charge in [-0.1, -0.05) is 30.7 Å². The van der Waals surface area contributed by atoms with E-state index in [1.807, 2.05) is 0 Å². The van der Waals surface area contributed by atoms with Gasteiger partial charge in [-0.3, -0.25) is 9.69 Å². The Balaban J connectivity index is 1.57. The summed E-state index contributed by atoms with van der Waals surface area (Å²) in [6, 6.07) is 7.94. The fourth-order valence-corrected chi connectivity index (χ4v) is 4.01. The van der Waals surface area contributed by atoms with Gasteiger partial charge in [0.15, 0.2) is 0 Å². The van der Waals surface area contributed by atoms with Gasteiger partial charge in [0.2, 0.25) is 5.91 Å². The summed E-state index contributed by atoms with van der Waals surface area (Å²) in [6.07, 6.45) is 3.44. The monoisotopic (exact) mass is 315 g/mol.